The second-order valence-electron chi connectivity index (χ2n) is 4.52. The van der Waals surface area contributed by atoms with Gasteiger partial charge in [0.2, 0.25) is 0 Å². The lowest BCUT2D eigenvalue weighted by Crippen LogP contribution is -2.20. The fourth-order valence-electron chi connectivity index (χ4n) is 2.17. The summed E-state index contributed by atoms with van der Waals surface area (Å²) in [5.41, 5.74) is 0.890. The minimum absolute atomic E-state index is 0.284. The maximum Gasteiger partial charge on any atom is 0.337 e. The second kappa shape index (κ2) is 5.14. The Morgan fingerprint density at radius 3 is 3.18 bits per heavy atom. The van der Waals surface area contributed by atoms with Crippen molar-refractivity contribution in [3.05, 3.63) is 24.0 Å². The van der Waals surface area contributed by atoms with Crippen LogP contribution in [0.1, 0.15) is 16.8 Å². The Bertz CT molecular complexity index is 408. The zero-order valence-electron chi connectivity index (χ0n) is 9.89. The summed E-state index contributed by atoms with van der Waals surface area (Å²) in [4.78, 5) is 17.2. The number of pyridine rings is 1. The van der Waals surface area contributed by atoms with Crippen molar-refractivity contribution in [3.63, 3.8) is 0 Å². The summed E-state index contributed by atoms with van der Waals surface area (Å²) < 4.78 is 0. The quantitative estimate of drug-likeness (QED) is 0.819. The highest BCUT2D eigenvalue weighted by Crippen LogP contribution is 2.17. The van der Waals surface area contributed by atoms with Gasteiger partial charge in [0, 0.05) is 19.3 Å². The molecule has 2 N–H and O–H groups in total. The number of likely N-dealkylation sites (tertiary alicyclic amines) is 1. The zero-order valence-corrected chi connectivity index (χ0v) is 9.89. The summed E-state index contributed by atoms with van der Waals surface area (Å²) in [6.45, 7) is 2.98. The maximum absolute atomic E-state index is 11.0. The molecular weight excluding hydrogens is 218 g/mol. The molecule has 0 amide bonds. The van der Waals surface area contributed by atoms with Crippen molar-refractivity contribution in [2.24, 2.45) is 5.92 Å². The van der Waals surface area contributed by atoms with E-state index in [-0.39, 0.29) is 5.56 Å². The number of anilines is 1. The van der Waals surface area contributed by atoms with E-state index in [2.05, 4.69) is 22.2 Å². The van der Waals surface area contributed by atoms with Gasteiger partial charge >= 0.3 is 5.97 Å². The Morgan fingerprint density at radius 2 is 2.53 bits per heavy atom. The van der Waals surface area contributed by atoms with E-state index in [4.69, 9.17) is 5.11 Å². The van der Waals surface area contributed by atoms with Gasteiger partial charge in [-0.25, -0.2) is 4.79 Å². The summed E-state index contributed by atoms with van der Waals surface area (Å²) in [5, 5.41) is 12.2. The van der Waals surface area contributed by atoms with E-state index in [1.807, 2.05) is 0 Å². The standard InChI is InChI=1S/C12H17N3O2/c1-15-5-3-9(8-15)6-14-11-7-13-4-2-10(11)12(16)17/h2,4,7,9,14H,3,5-6,8H2,1H3,(H,16,17). The third-order valence-corrected chi connectivity index (χ3v) is 3.12. The second-order valence-corrected chi connectivity index (χ2v) is 4.52. The van der Waals surface area contributed by atoms with Crippen LogP contribution in [0.25, 0.3) is 0 Å². The Hall–Kier alpha value is -1.62. The average Bonchev–Trinajstić information content (AvgIpc) is 2.73. The fraction of sp³-hybridized carbons (Fsp3) is 0.500. The number of carbonyl (C=O) groups is 1. The number of carboxylic acids is 1. The molecule has 5 nitrogen and oxygen atoms in total. The predicted octanol–water partition coefficient (Wildman–Crippen LogP) is 1.14. The molecular formula is C12H17N3O2. The largest absolute Gasteiger partial charge is 0.478 e. The molecule has 1 aliphatic heterocycles. The van der Waals surface area contributed by atoms with Crippen molar-refractivity contribution in [3.8, 4) is 0 Å². The summed E-state index contributed by atoms with van der Waals surface area (Å²) in [5.74, 6) is -0.333. The SMILES string of the molecule is CN1CCC(CNc2cnccc2C(=O)O)C1. The molecule has 0 bridgehead atoms. The lowest BCUT2D eigenvalue weighted by Gasteiger charge is -2.13. The molecule has 1 unspecified atom stereocenters. The van der Waals surface area contributed by atoms with Crippen molar-refractivity contribution in [1.29, 1.82) is 0 Å². The first-order valence-electron chi connectivity index (χ1n) is 5.76. The van der Waals surface area contributed by atoms with Gasteiger partial charge in [0.05, 0.1) is 17.4 Å². The molecule has 1 fully saturated rings. The molecule has 2 heterocycles. The summed E-state index contributed by atoms with van der Waals surface area (Å²) in [7, 11) is 2.10. The number of carboxylic acid groups (broad SMARTS) is 1. The molecule has 0 saturated carbocycles. The molecule has 17 heavy (non-hydrogen) atoms. The highest BCUT2D eigenvalue weighted by Gasteiger charge is 2.19. The number of aromatic carboxylic acids is 1. The van der Waals surface area contributed by atoms with E-state index in [9.17, 15) is 4.79 Å². The average molecular weight is 235 g/mol. The number of nitrogens with one attached hydrogen (secondary N) is 1. The van der Waals surface area contributed by atoms with Crippen molar-refractivity contribution in [2.45, 2.75) is 6.42 Å². The Labute approximate surface area is 100 Å². The highest BCUT2D eigenvalue weighted by atomic mass is 16.4. The molecule has 1 aromatic heterocycles. The van der Waals surface area contributed by atoms with Crippen molar-refractivity contribution >= 4 is 11.7 Å². The van der Waals surface area contributed by atoms with Crippen LogP contribution in [0, 0.1) is 5.92 Å². The molecule has 0 aromatic carbocycles. The molecule has 1 aromatic rings. The van der Waals surface area contributed by atoms with Gasteiger partial charge in [-0.2, -0.15) is 0 Å². The first-order chi connectivity index (χ1) is 8.16. The minimum Gasteiger partial charge on any atom is -0.478 e. The van der Waals surface area contributed by atoms with Gasteiger partial charge in [0.15, 0.2) is 0 Å². The van der Waals surface area contributed by atoms with Crippen molar-refractivity contribution in [2.75, 3.05) is 32.0 Å². The van der Waals surface area contributed by atoms with E-state index >= 15 is 0 Å². The van der Waals surface area contributed by atoms with Gasteiger partial charge in [-0.15, -0.1) is 0 Å². The van der Waals surface area contributed by atoms with Crippen LogP contribution in [-0.2, 0) is 0 Å². The van der Waals surface area contributed by atoms with Crippen LogP contribution >= 0.6 is 0 Å². The van der Waals surface area contributed by atoms with E-state index in [1.54, 1.807) is 6.20 Å². The highest BCUT2D eigenvalue weighted by molar-refractivity contribution is 5.93. The van der Waals surface area contributed by atoms with Crippen LogP contribution in [-0.4, -0.2) is 47.6 Å². The van der Waals surface area contributed by atoms with Gasteiger partial charge in [-0.1, -0.05) is 0 Å². The number of hydrogen-bond donors (Lipinski definition) is 2. The van der Waals surface area contributed by atoms with Crippen LogP contribution in [0.3, 0.4) is 0 Å². The van der Waals surface area contributed by atoms with E-state index in [1.165, 1.54) is 12.3 Å². The molecule has 92 valence electrons. The van der Waals surface area contributed by atoms with Crippen molar-refractivity contribution < 1.29 is 9.90 Å². The molecule has 0 spiro atoms. The first kappa shape index (κ1) is 11.9. The Balaban J connectivity index is 1.97. The van der Waals surface area contributed by atoms with Crippen LogP contribution in [0.2, 0.25) is 0 Å². The molecule has 5 heteroatoms. The number of aromatic nitrogens is 1. The van der Waals surface area contributed by atoms with Crippen LogP contribution in [0.4, 0.5) is 5.69 Å². The maximum atomic E-state index is 11.0. The number of nitrogens with zero attached hydrogens (tertiary/aromatic N) is 2. The Morgan fingerprint density at radius 1 is 1.71 bits per heavy atom. The number of hydrogen-bond acceptors (Lipinski definition) is 4. The summed E-state index contributed by atoms with van der Waals surface area (Å²) in [6, 6.07) is 1.52. The molecule has 1 atom stereocenters. The van der Waals surface area contributed by atoms with Gasteiger partial charge in [-0.3, -0.25) is 4.98 Å². The van der Waals surface area contributed by atoms with Gasteiger partial charge in [-0.05, 0) is 32.0 Å². The molecule has 0 aliphatic carbocycles. The lowest BCUT2D eigenvalue weighted by atomic mass is 10.1. The van der Waals surface area contributed by atoms with E-state index < -0.39 is 5.97 Å². The van der Waals surface area contributed by atoms with Crippen LogP contribution in [0.5, 0.6) is 0 Å². The third-order valence-electron chi connectivity index (χ3n) is 3.12. The third kappa shape index (κ3) is 2.94. The normalized spacial score (nSPS) is 20.4. The zero-order chi connectivity index (χ0) is 12.3. The van der Waals surface area contributed by atoms with Crippen molar-refractivity contribution in [1.82, 2.24) is 9.88 Å². The van der Waals surface area contributed by atoms with E-state index in [0.29, 0.717) is 11.6 Å². The van der Waals surface area contributed by atoms with E-state index in [0.717, 1.165) is 26.1 Å². The van der Waals surface area contributed by atoms with Gasteiger partial charge in [0.25, 0.3) is 0 Å². The molecule has 1 saturated heterocycles. The first-order valence-corrected chi connectivity index (χ1v) is 5.76. The smallest absolute Gasteiger partial charge is 0.337 e. The predicted molar refractivity (Wildman–Crippen MR) is 65.3 cm³/mol. The summed E-state index contributed by atoms with van der Waals surface area (Å²) in [6.07, 6.45) is 4.23. The van der Waals surface area contributed by atoms with Gasteiger partial charge in [0.1, 0.15) is 0 Å². The lowest BCUT2D eigenvalue weighted by molar-refractivity contribution is 0.0698. The summed E-state index contributed by atoms with van der Waals surface area (Å²) >= 11 is 0. The topological polar surface area (TPSA) is 65.5 Å². The van der Waals surface area contributed by atoms with Gasteiger partial charge < -0.3 is 15.3 Å². The van der Waals surface area contributed by atoms with Crippen LogP contribution < -0.4 is 5.32 Å². The number of rotatable bonds is 4. The fourth-order valence-corrected chi connectivity index (χ4v) is 2.17. The van der Waals surface area contributed by atoms with Crippen LogP contribution in [0.15, 0.2) is 18.5 Å². The Kier molecular flexibility index (Phi) is 3.58. The minimum atomic E-state index is -0.918. The monoisotopic (exact) mass is 235 g/mol. The molecule has 2 rings (SSSR count). The molecule has 1 aliphatic rings. The molecule has 0 radical (unpaired) electrons.